The van der Waals surface area contributed by atoms with E-state index in [0.717, 1.165) is 5.52 Å². The zero-order valence-corrected chi connectivity index (χ0v) is 10.8. The number of rotatable bonds is 2. The fraction of sp³-hybridized carbons (Fsp3) is 0.500. The SMILES string of the molecule is NCc1ccc2sc(C3CCCCC3)nc2c1. The minimum atomic E-state index is 0.603. The van der Waals surface area contributed by atoms with E-state index in [-0.39, 0.29) is 0 Å². The molecular formula is C14H18N2S. The lowest BCUT2D eigenvalue weighted by molar-refractivity contribution is 0.443. The number of benzene rings is 1. The molecule has 0 radical (unpaired) electrons. The number of thiazole rings is 1. The van der Waals surface area contributed by atoms with Crippen LogP contribution in [-0.4, -0.2) is 4.98 Å². The summed E-state index contributed by atoms with van der Waals surface area (Å²) in [5, 5.41) is 1.34. The third kappa shape index (κ3) is 2.22. The van der Waals surface area contributed by atoms with Gasteiger partial charge in [-0.25, -0.2) is 4.98 Å². The number of nitrogens with two attached hydrogens (primary N) is 1. The van der Waals surface area contributed by atoms with E-state index in [2.05, 4.69) is 18.2 Å². The molecular weight excluding hydrogens is 228 g/mol. The van der Waals surface area contributed by atoms with Crippen molar-refractivity contribution in [3.05, 3.63) is 28.8 Å². The second-order valence-electron chi connectivity index (χ2n) is 4.89. The second kappa shape index (κ2) is 4.75. The predicted molar refractivity (Wildman–Crippen MR) is 73.3 cm³/mol. The van der Waals surface area contributed by atoms with Crippen molar-refractivity contribution in [1.29, 1.82) is 0 Å². The predicted octanol–water partition coefficient (Wildman–Crippen LogP) is 3.80. The first-order valence-corrected chi connectivity index (χ1v) is 7.28. The topological polar surface area (TPSA) is 38.9 Å². The molecule has 0 spiro atoms. The fourth-order valence-corrected chi connectivity index (χ4v) is 3.76. The van der Waals surface area contributed by atoms with Gasteiger partial charge in [0, 0.05) is 12.5 Å². The largest absolute Gasteiger partial charge is 0.326 e. The third-order valence-electron chi connectivity index (χ3n) is 3.66. The molecule has 0 saturated heterocycles. The molecule has 0 atom stereocenters. The Morgan fingerprint density at radius 3 is 2.82 bits per heavy atom. The molecule has 1 aromatic carbocycles. The molecule has 2 aromatic rings. The van der Waals surface area contributed by atoms with Crippen LogP contribution in [0.4, 0.5) is 0 Å². The van der Waals surface area contributed by atoms with E-state index < -0.39 is 0 Å². The van der Waals surface area contributed by atoms with Gasteiger partial charge in [-0.15, -0.1) is 11.3 Å². The second-order valence-corrected chi connectivity index (χ2v) is 5.96. The molecule has 0 amide bonds. The van der Waals surface area contributed by atoms with Crippen LogP contribution in [0, 0.1) is 0 Å². The van der Waals surface area contributed by atoms with Gasteiger partial charge in [0.1, 0.15) is 0 Å². The van der Waals surface area contributed by atoms with Crippen molar-refractivity contribution in [2.75, 3.05) is 0 Å². The highest BCUT2D eigenvalue weighted by molar-refractivity contribution is 7.18. The molecule has 1 saturated carbocycles. The van der Waals surface area contributed by atoms with Crippen molar-refractivity contribution in [2.45, 2.75) is 44.6 Å². The monoisotopic (exact) mass is 246 g/mol. The minimum Gasteiger partial charge on any atom is -0.326 e. The normalized spacial score (nSPS) is 17.7. The number of aromatic nitrogens is 1. The van der Waals surface area contributed by atoms with Gasteiger partial charge in [-0.2, -0.15) is 0 Å². The lowest BCUT2D eigenvalue weighted by Gasteiger charge is -2.18. The first-order chi connectivity index (χ1) is 8.36. The van der Waals surface area contributed by atoms with Gasteiger partial charge in [0.05, 0.1) is 15.2 Å². The van der Waals surface area contributed by atoms with E-state index in [1.807, 2.05) is 11.3 Å². The van der Waals surface area contributed by atoms with Crippen molar-refractivity contribution < 1.29 is 0 Å². The molecule has 17 heavy (non-hydrogen) atoms. The summed E-state index contributed by atoms with van der Waals surface area (Å²) in [6.45, 7) is 0.603. The highest BCUT2D eigenvalue weighted by atomic mass is 32.1. The smallest absolute Gasteiger partial charge is 0.0969 e. The molecule has 0 unspecified atom stereocenters. The van der Waals surface area contributed by atoms with Crippen molar-refractivity contribution in [3.8, 4) is 0 Å². The van der Waals surface area contributed by atoms with Gasteiger partial charge < -0.3 is 5.73 Å². The van der Waals surface area contributed by atoms with Gasteiger partial charge >= 0.3 is 0 Å². The average Bonchev–Trinajstić information content (AvgIpc) is 2.82. The lowest BCUT2D eigenvalue weighted by Crippen LogP contribution is -2.03. The van der Waals surface area contributed by atoms with Crippen LogP contribution in [0.1, 0.15) is 48.6 Å². The Morgan fingerprint density at radius 2 is 2.06 bits per heavy atom. The van der Waals surface area contributed by atoms with E-state index in [0.29, 0.717) is 12.5 Å². The molecule has 1 aromatic heterocycles. The maximum atomic E-state index is 5.67. The van der Waals surface area contributed by atoms with Gasteiger partial charge in [0.25, 0.3) is 0 Å². The summed E-state index contributed by atoms with van der Waals surface area (Å²) in [6.07, 6.45) is 6.79. The average molecular weight is 246 g/mol. The van der Waals surface area contributed by atoms with E-state index in [1.165, 1.54) is 47.4 Å². The molecule has 1 fully saturated rings. The summed E-state index contributed by atoms with van der Waals surface area (Å²) < 4.78 is 1.31. The van der Waals surface area contributed by atoms with Crippen LogP contribution in [0.2, 0.25) is 0 Å². The number of nitrogens with zero attached hydrogens (tertiary/aromatic N) is 1. The van der Waals surface area contributed by atoms with Crippen LogP contribution in [0.15, 0.2) is 18.2 Å². The lowest BCUT2D eigenvalue weighted by atomic mass is 9.90. The summed E-state index contributed by atoms with van der Waals surface area (Å²) in [7, 11) is 0. The first-order valence-electron chi connectivity index (χ1n) is 6.46. The number of hydrogen-bond acceptors (Lipinski definition) is 3. The van der Waals surface area contributed by atoms with Crippen LogP contribution in [0.5, 0.6) is 0 Å². The summed E-state index contributed by atoms with van der Waals surface area (Å²) in [5.41, 5.74) is 7.98. The van der Waals surface area contributed by atoms with Gasteiger partial charge in [-0.05, 0) is 30.5 Å². The van der Waals surface area contributed by atoms with Crippen LogP contribution in [-0.2, 0) is 6.54 Å². The van der Waals surface area contributed by atoms with Gasteiger partial charge in [-0.3, -0.25) is 0 Å². The molecule has 2 nitrogen and oxygen atoms in total. The molecule has 1 aliphatic carbocycles. The third-order valence-corrected chi connectivity index (χ3v) is 4.86. The highest BCUT2D eigenvalue weighted by Gasteiger charge is 2.19. The van der Waals surface area contributed by atoms with Crippen LogP contribution in [0.3, 0.4) is 0 Å². The van der Waals surface area contributed by atoms with E-state index in [9.17, 15) is 0 Å². The Bertz CT molecular complexity index is 512. The van der Waals surface area contributed by atoms with E-state index >= 15 is 0 Å². The van der Waals surface area contributed by atoms with Crippen LogP contribution in [0.25, 0.3) is 10.2 Å². The first kappa shape index (κ1) is 11.2. The van der Waals surface area contributed by atoms with Gasteiger partial charge in [-0.1, -0.05) is 25.3 Å². The van der Waals surface area contributed by atoms with Gasteiger partial charge in [0.2, 0.25) is 0 Å². The Labute approximate surface area is 106 Å². The van der Waals surface area contributed by atoms with Crippen molar-refractivity contribution in [2.24, 2.45) is 5.73 Å². The Kier molecular flexibility index (Phi) is 3.12. The molecule has 3 heteroatoms. The maximum absolute atomic E-state index is 5.67. The molecule has 3 rings (SSSR count). The summed E-state index contributed by atoms with van der Waals surface area (Å²) in [5.74, 6) is 0.711. The molecule has 1 heterocycles. The fourth-order valence-electron chi connectivity index (χ4n) is 2.64. The van der Waals surface area contributed by atoms with E-state index in [1.54, 1.807) is 0 Å². The van der Waals surface area contributed by atoms with Crippen LogP contribution < -0.4 is 5.73 Å². The van der Waals surface area contributed by atoms with Crippen molar-refractivity contribution >= 4 is 21.6 Å². The summed E-state index contributed by atoms with van der Waals surface area (Å²) >= 11 is 1.87. The summed E-state index contributed by atoms with van der Waals surface area (Å²) in [4.78, 5) is 4.81. The quantitative estimate of drug-likeness (QED) is 0.875. The molecule has 0 aliphatic heterocycles. The molecule has 2 N–H and O–H groups in total. The van der Waals surface area contributed by atoms with Crippen molar-refractivity contribution in [3.63, 3.8) is 0 Å². The highest BCUT2D eigenvalue weighted by Crippen LogP contribution is 2.36. The van der Waals surface area contributed by atoms with Crippen molar-refractivity contribution in [1.82, 2.24) is 4.98 Å². The zero-order chi connectivity index (χ0) is 11.7. The maximum Gasteiger partial charge on any atom is 0.0969 e. The Hall–Kier alpha value is -0.930. The van der Waals surface area contributed by atoms with Gasteiger partial charge in [0.15, 0.2) is 0 Å². The number of hydrogen-bond donors (Lipinski definition) is 1. The summed E-state index contributed by atoms with van der Waals surface area (Å²) in [6, 6.07) is 6.42. The molecule has 0 bridgehead atoms. The molecule has 90 valence electrons. The Balaban J connectivity index is 1.95. The van der Waals surface area contributed by atoms with E-state index in [4.69, 9.17) is 10.7 Å². The molecule has 1 aliphatic rings. The Morgan fingerprint density at radius 1 is 1.24 bits per heavy atom. The minimum absolute atomic E-state index is 0.603. The number of fused-ring (bicyclic) bond motifs is 1. The zero-order valence-electron chi connectivity index (χ0n) is 9.98. The van der Waals surface area contributed by atoms with Crippen LogP contribution >= 0.6 is 11.3 Å². The standard InChI is InChI=1S/C14H18N2S/c15-9-10-6-7-13-12(8-10)16-14(17-13)11-4-2-1-3-5-11/h6-8,11H,1-5,9,15H2.